The van der Waals surface area contributed by atoms with Crippen molar-refractivity contribution in [1.29, 1.82) is 0 Å². The molecule has 1 fully saturated rings. The lowest BCUT2D eigenvalue weighted by Crippen LogP contribution is -2.46. The number of hydrogen-bond acceptors (Lipinski definition) is 5. The second-order valence-electron chi connectivity index (χ2n) is 4.48. The molecule has 0 radical (unpaired) electrons. The van der Waals surface area contributed by atoms with E-state index in [-0.39, 0.29) is 0 Å². The smallest absolute Gasteiger partial charge is 0.149 e. The third-order valence-electron chi connectivity index (χ3n) is 3.18. The fraction of sp³-hybridized carbons (Fsp3) is 0.667. The van der Waals surface area contributed by atoms with Crippen LogP contribution in [0.2, 0.25) is 0 Å². The molecule has 0 spiro atoms. The maximum absolute atomic E-state index is 4.37. The first-order chi connectivity index (χ1) is 8.27. The van der Waals surface area contributed by atoms with E-state index in [0.29, 0.717) is 0 Å². The highest BCUT2D eigenvalue weighted by Crippen LogP contribution is 2.11. The molecule has 0 saturated carbocycles. The maximum atomic E-state index is 4.37. The number of rotatable bonds is 4. The Morgan fingerprint density at radius 1 is 1.29 bits per heavy atom. The number of nitrogens with one attached hydrogen (secondary N) is 1. The van der Waals surface area contributed by atoms with E-state index < -0.39 is 0 Å². The lowest BCUT2D eigenvalue weighted by atomic mass is 10.3. The van der Waals surface area contributed by atoms with E-state index in [1.165, 1.54) is 0 Å². The Labute approximate surface area is 103 Å². The first-order valence-corrected chi connectivity index (χ1v) is 6.19. The van der Waals surface area contributed by atoms with Crippen molar-refractivity contribution >= 4 is 5.82 Å². The summed E-state index contributed by atoms with van der Waals surface area (Å²) in [6.45, 7) is 8.60. The van der Waals surface area contributed by atoms with Crippen molar-refractivity contribution in [2.45, 2.75) is 6.92 Å². The number of aromatic nitrogens is 2. The van der Waals surface area contributed by atoms with Gasteiger partial charge in [0.1, 0.15) is 5.82 Å². The van der Waals surface area contributed by atoms with Crippen LogP contribution >= 0.6 is 0 Å². The number of aryl methyl sites for hydroxylation is 1. The molecule has 5 heteroatoms. The number of hydrogen-bond donors (Lipinski definition) is 1. The van der Waals surface area contributed by atoms with Crippen LogP contribution in [0.4, 0.5) is 5.82 Å². The third-order valence-corrected chi connectivity index (χ3v) is 3.18. The summed E-state index contributed by atoms with van der Waals surface area (Å²) in [6, 6.07) is 0. The van der Waals surface area contributed by atoms with Crippen LogP contribution in [0.5, 0.6) is 0 Å². The Hall–Kier alpha value is -1.20. The molecule has 1 aliphatic heterocycles. The Balaban J connectivity index is 1.84. The Bertz CT molecular complexity index is 349. The highest BCUT2D eigenvalue weighted by Gasteiger charge is 2.11. The second kappa shape index (κ2) is 5.93. The van der Waals surface area contributed by atoms with Crippen molar-refractivity contribution in [3.05, 3.63) is 18.1 Å². The third kappa shape index (κ3) is 3.38. The SMILES string of the molecule is Cc1nccnc1N(C)CCN1CCNCC1. The standard InChI is InChI=1S/C12H21N5/c1-11-12(15-4-3-14-11)16(2)9-10-17-7-5-13-6-8-17/h3-4,13H,5-10H2,1-2H3. The molecule has 0 unspecified atom stereocenters. The van der Waals surface area contributed by atoms with Crippen LogP contribution < -0.4 is 10.2 Å². The van der Waals surface area contributed by atoms with Gasteiger partial charge in [-0.05, 0) is 6.92 Å². The molecule has 0 aromatic carbocycles. The molecule has 5 nitrogen and oxygen atoms in total. The van der Waals surface area contributed by atoms with Crippen molar-refractivity contribution in [3.63, 3.8) is 0 Å². The molecule has 2 heterocycles. The van der Waals surface area contributed by atoms with Crippen LogP contribution in [0.15, 0.2) is 12.4 Å². The molecular weight excluding hydrogens is 214 g/mol. The van der Waals surface area contributed by atoms with Gasteiger partial charge in [-0.2, -0.15) is 0 Å². The van der Waals surface area contributed by atoms with Gasteiger partial charge in [-0.1, -0.05) is 0 Å². The zero-order chi connectivity index (χ0) is 12.1. The molecule has 2 rings (SSSR count). The maximum Gasteiger partial charge on any atom is 0.149 e. The van der Waals surface area contributed by atoms with Crippen molar-refractivity contribution < 1.29 is 0 Å². The van der Waals surface area contributed by atoms with Crippen LogP contribution in [0.25, 0.3) is 0 Å². The normalized spacial score (nSPS) is 17.1. The van der Waals surface area contributed by atoms with Crippen LogP contribution in [-0.4, -0.2) is 61.2 Å². The van der Waals surface area contributed by atoms with Crippen LogP contribution in [0.1, 0.15) is 5.69 Å². The van der Waals surface area contributed by atoms with Gasteiger partial charge in [0.15, 0.2) is 0 Å². The van der Waals surface area contributed by atoms with E-state index in [9.17, 15) is 0 Å². The zero-order valence-electron chi connectivity index (χ0n) is 10.7. The van der Waals surface area contributed by atoms with E-state index in [0.717, 1.165) is 50.8 Å². The van der Waals surface area contributed by atoms with Gasteiger partial charge in [0.05, 0.1) is 5.69 Å². The summed E-state index contributed by atoms with van der Waals surface area (Å²) in [7, 11) is 2.08. The quantitative estimate of drug-likeness (QED) is 0.803. The molecule has 1 aliphatic rings. The van der Waals surface area contributed by atoms with Crippen molar-refractivity contribution in [1.82, 2.24) is 20.2 Å². The zero-order valence-corrected chi connectivity index (χ0v) is 10.7. The van der Waals surface area contributed by atoms with Crippen molar-refractivity contribution in [2.75, 3.05) is 51.2 Å². The highest BCUT2D eigenvalue weighted by molar-refractivity contribution is 5.40. The number of anilines is 1. The van der Waals surface area contributed by atoms with Crippen LogP contribution in [0, 0.1) is 6.92 Å². The van der Waals surface area contributed by atoms with Gasteiger partial charge in [-0.15, -0.1) is 0 Å². The van der Waals surface area contributed by atoms with Gasteiger partial charge in [0, 0.05) is 58.7 Å². The average molecular weight is 235 g/mol. The van der Waals surface area contributed by atoms with E-state index in [1.54, 1.807) is 12.4 Å². The van der Waals surface area contributed by atoms with Crippen molar-refractivity contribution in [3.8, 4) is 0 Å². The highest BCUT2D eigenvalue weighted by atomic mass is 15.2. The fourth-order valence-electron chi connectivity index (χ4n) is 2.11. The van der Waals surface area contributed by atoms with Gasteiger partial charge >= 0.3 is 0 Å². The number of nitrogens with zero attached hydrogens (tertiary/aromatic N) is 4. The summed E-state index contributed by atoms with van der Waals surface area (Å²) in [5.74, 6) is 0.989. The lowest BCUT2D eigenvalue weighted by Gasteiger charge is -2.29. The molecule has 0 atom stereocenters. The molecule has 94 valence electrons. The van der Waals surface area contributed by atoms with Crippen molar-refractivity contribution in [2.24, 2.45) is 0 Å². The summed E-state index contributed by atoms with van der Waals surface area (Å²) in [4.78, 5) is 13.3. The second-order valence-corrected chi connectivity index (χ2v) is 4.48. The summed E-state index contributed by atoms with van der Waals surface area (Å²) in [6.07, 6.45) is 3.49. The number of piperazine rings is 1. The van der Waals surface area contributed by atoms with Gasteiger partial charge < -0.3 is 10.2 Å². The molecule has 0 bridgehead atoms. The predicted octanol–water partition coefficient (Wildman–Crippen LogP) is 0.126. The van der Waals surface area contributed by atoms with E-state index in [1.807, 2.05) is 6.92 Å². The first-order valence-electron chi connectivity index (χ1n) is 6.19. The number of likely N-dealkylation sites (N-methyl/N-ethyl adjacent to an activating group) is 1. The largest absolute Gasteiger partial charge is 0.357 e. The Morgan fingerprint density at radius 2 is 2.00 bits per heavy atom. The summed E-state index contributed by atoms with van der Waals surface area (Å²) < 4.78 is 0. The molecule has 1 N–H and O–H groups in total. The Morgan fingerprint density at radius 3 is 2.71 bits per heavy atom. The fourth-order valence-corrected chi connectivity index (χ4v) is 2.11. The molecule has 0 aliphatic carbocycles. The summed E-state index contributed by atoms with van der Waals surface area (Å²) in [5.41, 5.74) is 0.996. The minimum atomic E-state index is 0.989. The monoisotopic (exact) mass is 235 g/mol. The first kappa shape index (κ1) is 12.3. The molecular formula is C12H21N5. The molecule has 0 amide bonds. The molecule has 1 saturated heterocycles. The molecule has 1 aromatic heterocycles. The van der Waals surface area contributed by atoms with Gasteiger partial charge in [-0.3, -0.25) is 9.88 Å². The average Bonchev–Trinajstić information content (AvgIpc) is 2.38. The molecule has 17 heavy (non-hydrogen) atoms. The van der Waals surface area contributed by atoms with E-state index >= 15 is 0 Å². The van der Waals surface area contributed by atoms with E-state index in [2.05, 4.69) is 32.1 Å². The summed E-state index contributed by atoms with van der Waals surface area (Å²) >= 11 is 0. The van der Waals surface area contributed by atoms with E-state index in [4.69, 9.17) is 0 Å². The van der Waals surface area contributed by atoms with Gasteiger partial charge in [-0.25, -0.2) is 4.98 Å². The van der Waals surface area contributed by atoms with Crippen LogP contribution in [-0.2, 0) is 0 Å². The Kier molecular flexibility index (Phi) is 4.28. The topological polar surface area (TPSA) is 44.3 Å². The van der Waals surface area contributed by atoms with Gasteiger partial charge in [0.25, 0.3) is 0 Å². The minimum Gasteiger partial charge on any atom is -0.357 e. The summed E-state index contributed by atoms with van der Waals surface area (Å²) in [5, 5.41) is 3.37. The lowest BCUT2D eigenvalue weighted by molar-refractivity contribution is 0.246. The van der Waals surface area contributed by atoms with Gasteiger partial charge in [0.2, 0.25) is 0 Å². The molecule has 1 aromatic rings. The van der Waals surface area contributed by atoms with Crippen LogP contribution in [0.3, 0.4) is 0 Å². The minimum absolute atomic E-state index is 0.989. The predicted molar refractivity (Wildman–Crippen MR) is 69.3 cm³/mol.